The molecule has 0 bridgehead atoms. The molecule has 18 heavy (non-hydrogen) atoms. The van der Waals surface area contributed by atoms with Crippen LogP contribution in [-0.2, 0) is 6.54 Å². The molecular formula is C14H21FN2O. The van der Waals surface area contributed by atoms with Crippen molar-refractivity contribution in [2.45, 2.75) is 25.8 Å². The summed E-state index contributed by atoms with van der Waals surface area (Å²) >= 11 is 0. The maximum Gasteiger partial charge on any atom is 0.165 e. The van der Waals surface area contributed by atoms with E-state index in [9.17, 15) is 9.50 Å². The van der Waals surface area contributed by atoms with Crippen LogP contribution in [0.4, 0.5) is 4.39 Å². The quantitative estimate of drug-likeness (QED) is 0.761. The van der Waals surface area contributed by atoms with Crippen LogP contribution < -0.4 is 5.32 Å². The number of phenols is 1. The summed E-state index contributed by atoms with van der Waals surface area (Å²) in [7, 11) is 0. The number of nitrogens with zero attached hydrogens (tertiary/aromatic N) is 1. The number of benzene rings is 1. The Morgan fingerprint density at radius 2 is 2.06 bits per heavy atom. The molecular weight excluding hydrogens is 231 g/mol. The summed E-state index contributed by atoms with van der Waals surface area (Å²) in [5.74, 6) is -0.782. The first kappa shape index (κ1) is 13.3. The fourth-order valence-corrected chi connectivity index (χ4v) is 2.36. The predicted octanol–water partition coefficient (Wildman–Crippen LogP) is 2.11. The fraction of sp³-hybridized carbons (Fsp3) is 0.571. The van der Waals surface area contributed by atoms with Gasteiger partial charge in [0, 0.05) is 12.1 Å². The molecule has 0 aliphatic carbocycles. The molecule has 1 aromatic rings. The highest BCUT2D eigenvalue weighted by atomic mass is 19.1. The van der Waals surface area contributed by atoms with Crippen molar-refractivity contribution in [3.8, 4) is 5.75 Å². The molecule has 4 heteroatoms. The van der Waals surface area contributed by atoms with Crippen LogP contribution in [0.5, 0.6) is 5.75 Å². The lowest BCUT2D eigenvalue weighted by atomic mass is 10.2. The predicted molar refractivity (Wildman–Crippen MR) is 70.1 cm³/mol. The first-order chi connectivity index (χ1) is 8.77. The van der Waals surface area contributed by atoms with Gasteiger partial charge in [-0.15, -0.1) is 0 Å². The molecule has 2 rings (SSSR count). The number of halogens is 1. The second-order valence-electron chi connectivity index (χ2n) is 4.83. The van der Waals surface area contributed by atoms with Crippen LogP contribution in [0.15, 0.2) is 18.2 Å². The molecule has 1 aliphatic rings. The maximum absolute atomic E-state index is 13.1. The third kappa shape index (κ3) is 3.68. The summed E-state index contributed by atoms with van der Waals surface area (Å²) in [6.07, 6.45) is 3.74. The van der Waals surface area contributed by atoms with Gasteiger partial charge >= 0.3 is 0 Å². The first-order valence-electron chi connectivity index (χ1n) is 6.67. The highest BCUT2D eigenvalue weighted by molar-refractivity contribution is 5.33. The average Bonchev–Trinajstić information content (AvgIpc) is 2.87. The monoisotopic (exact) mass is 252 g/mol. The van der Waals surface area contributed by atoms with Gasteiger partial charge in [0.05, 0.1) is 0 Å². The van der Waals surface area contributed by atoms with Gasteiger partial charge in [-0.25, -0.2) is 4.39 Å². The van der Waals surface area contributed by atoms with Gasteiger partial charge in [-0.05, 0) is 51.5 Å². The molecule has 0 aromatic heterocycles. The van der Waals surface area contributed by atoms with Crippen molar-refractivity contribution in [2.24, 2.45) is 0 Å². The zero-order chi connectivity index (χ0) is 12.8. The zero-order valence-corrected chi connectivity index (χ0v) is 10.7. The molecule has 0 unspecified atom stereocenters. The van der Waals surface area contributed by atoms with Crippen LogP contribution in [0, 0.1) is 5.82 Å². The number of aromatic hydroxyl groups is 1. The summed E-state index contributed by atoms with van der Waals surface area (Å²) in [6, 6.07) is 4.63. The van der Waals surface area contributed by atoms with Crippen LogP contribution in [-0.4, -0.2) is 36.2 Å². The summed E-state index contributed by atoms with van der Waals surface area (Å²) in [5, 5.41) is 12.7. The molecule has 100 valence electrons. The standard InChI is InChI=1S/C14H21FN2O/c15-13-6-3-5-12(14(13)18)11-16-7-4-10-17-8-1-2-9-17/h3,5-6,16,18H,1-2,4,7-11H2. The van der Waals surface area contributed by atoms with Crippen LogP contribution in [0.3, 0.4) is 0 Å². The molecule has 1 fully saturated rings. The van der Waals surface area contributed by atoms with Crippen molar-refractivity contribution >= 4 is 0 Å². The second-order valence-corrected chi connectivity index (χ2v) is 4.83. The van der Waals surface area contributed by atoms with E-state index in [1.165, 1.54) is 32.0 Å². The Morgan fingerprint density at radius 3 is 2.83 bits per heavy atom. The van der Waals surface area contributed by atoms with Crippen molar-refractivity contribution < 1.29 is 9.50 Å². The molecule has 1 aliphatic heterocycles. The van der Waals surface area contributed by atoms with Crippen LogP contribution in [0.1, 0.15) is 24.8 Å². The normalized spacial score (nSPS) is 16.3. The van der Waals surface area contributed by atoms with Crippen molar-refractivity contribution in [1.82, 2.24) is 10.2 Å². The minimum atomic E-state index is -0.550. The van der Waals surface area contributed by atoms with E-state index < -0.39 is 5.82 Å². The van der Waals surface area contributed by atoms with E-state index in [0.29, 0.717) is 12.1 Å². The third-order valence-corrected chi connectivity index (χ3v) is 3.41. The lowest BCUT2D eigenvalue weighted by Crippen LogP contribution is -2.24. The number of hydrogen-bond donors (Lipinski definition) is 2. The molecule has 1 aromatic carbocycles. The topological polar surface area (TPSA) is 35.5 Å². The minimum Gasteiger partial charge on any atom is -0.505 e. The second kappa shape index (κ2) is 6.71. The van der Waals surface area contributed by atoms with E-state index in [1.807, 2.05) is 0 Å². The molecule has 2 N–H and O–H groups in total. The van der Waals surface area contributed by atoms with Gasteiger partial charge in [-0.2, -0.15) is 0 Å². The molecule has 0 radical (unpaired) electrons. The minimum absolute atomic E-state index is 0.232. The third-order valence-electron chi connectivity index (χ3n) is 3.41. The van der Waals surface area contributed by atoms with Gasteiger partial charge in [-0.3, -0.25) is 0 Å². The van der Waals surface area contributed by atoms with Crippen LogP contribution in [0.2, 0.25) is 0 Å². The van der Waals surface area contributed by atoms with Gasteiger partial charge in [0.1, 0.15) is 0 Å². The largest absolute Gasteiger partial charge is 0.505 e. The van der Waals surface area contributed by atoms with Crippen molar-refractivity contribution in [2.75, 3.05) is 26.2 Å². The summed E-state index contributed by atoms with van der Waals surface area (Å²) in [6.45, 7) is 4.99. The van der Waals surface area contributed by atoms with E-state index in [4.69, 9.17) is 0 Å². The number of phenolic OH excluding ortho intramolecular Hbond substituents is 1. The Hall–Kier alpha value is -1.13. The Labute approximate surface area is 108 Å². The van der Waals surface area contributed by atoms with Gasteiger partial charge < -0.3 is 15.3 Å². The SMILES string of the molecule is Oc1c(F)cccc1CNCCCN1CCCC1. The molecule has 1 saturated heterocycles. The number of nitrogens with one attached hydrogen (secondary N) is 1. The smallest absolute Gasteiger partial charge is 0.165 e. The Bertz CT molecular complexity index is 378. The van der Waals surface area contributed by atoms with E-state index in [2.05, 4.69) is 10.2 Å². The zero-order valence-electron chi connectivity index (χ0n) is 10.7. The molecule has 0 atom stereocenters. The van der Waals surface area contributed by atoms with Gasteiger partial charge in [0.15, 0.2) is 11.6 Å². The number of likely N-dealkylation sites (tertiary alicyclic amines) is 1. The summed E-state index contributed by atoms with van der Waals surface area (Å²) in [4.78, 5) is 2.47. The van der Waals surface area contributed by atoms with E-state index >= 15 is 0 Å². The molecule has 1 heterocycles. The molecule has 0 saturated carbocycles. The molecule has 3 nitrogen and oxygen atoms in total. The number of hydrogen-bond acceptors (Lipinski definition) is 3. The lowest BCUT2D eigenvalue weighted by molar-refractivity contribution is 0.330. The van der Waals surface area contributed by atoms with Crippen molar-refractivity contribution in [3.63, 3.8) is 0 Å². The van der Waals surface area contributed by atoms with Gasteiger partial charge in [0.2, 0.25) is 0 Å². The Kier molecular flexibility index (Phi) is 4.96. The highest BCUT2D eigenvalue weighted by Gasteiger charge is 2.10. The number of para-hydroxylation sites is 1. The lowest BCUT2D eigenvalue weighted by Gasteiger charge is -2.14. The summed E-state index contributed by atoms with van der Waals surface area (Å²) < 4.78 is 13.1. The fourth-order valence-electron chi connectivity index (χ4n) is 2.36. The number of rotatable bonds is 6. The van der Waals surface area contributed by atoms with Gasteiger partial charge in [-0.1, -0.05) is 12.1 Å². The summed E-state index contributed by atoms with van der Waals surface area (Å²) in [5.41, 5.74) is 0.621. The van der Waals surface area contributed by atoms with Gasteiger partial charge in [0.25, 0.3) is 0 Å². The van der Waals surface area contributed by atoms with E-state index in [1.54, 1.807) is 12.1 Å². The maximum atomic E-state index is 13.1. The van der Waals surface area contributed by atoms with Crippen molar-refractivity contribution in [3.05, 3.63) is 29.6 Å². The Morgan fingerprint density at radius 1 is 1.28 bits per heavy atom. The van der Waals surface area contributed by atoms with E-state index in [0.717, 1.165) is 19.5 Å². The van der Waals surface area contributed by atoms with Crippen LogP contribution >= 0.6 is 0 Å². The van der Waals surface area contributed by atoms with Crippen molar-refractivity contribution in [1.29, 1.82) is 0 Å². The average molecular weight is 252 g/mol. The highest BCUT2D eigenvalue weighted by Crippen LogP contribution is 2.20. The van der Waals surface area contributed by atoms with Crippen LogP contribution in [0.25, 0.3) is 0 Å². The molecule has 0 spiro atoms. The van der Waals surface area contributed by atoms with E-state index in [-0.39, 0.29) is 5.75 Å². The molecule has 0 amide bonds. The first-order valence-corrected chi connectivity index (χ1v) is 6.67. The Balaban J connectivity index is 1.64.